The van der Waals surface area contributed by atoms with Gasteiger partial charge in [-0.2, -0.15) is 0 Å². The molecule has 0 spiro atoms. The summed E-state index contributed by atoms with van der Waals surface area (Å²) in [4.78, 5) is 9.95. The molecule has 0 aromatic rings. The van der Waals surface area contributed by atoms with Crippen molar-refractivity contribution in [2.75, 3.05) is 0 Å². The lowest BCUT2D eigenvalue weighted by Crippen LogP contribution is -1.89. The molecule has 0 atom stereocenters. The van der Waals surface area contributed by atoms with Crippen molar-refractivity contribution >= 4 is 5.97 Å². The van der Waals surface area contributed by atoms with Crippen LogP contribution in [0.2, 0.25) is 0 Å². The Morgan fingerprint density at radius 2 is 2.45 bits per heavy atom. The van der Waals surface area contributed by atoms with Gasteiger partial charge in [0.15, 0.2) is 0 Å². The largest absolute Gasteiger partial charge is 0.481 e. The van der Waals surface area contributed by atoms with Gasteiger partial charge < -0.3 is 9.84 Å². The van der Waals surface area contributed by atoms with Gasteiger partial charge in [0.25, 0.3) is 0 Å². The molecule has 0 amide bonds. The summed E-state index contributed by atoms with van der Waals surface area (Å²) in [5, 5.41) is 8.18. The standard InChI is InChI=1S/C8H10O3/c1-2-3-6-11-7-4-5-8(9)10/h2,4,6-7H,5H2,1H3,(H,9,10). The van der Waals surface area contributed by atoms with Crippen LogP contribution in [0.1, 0.15) is 13.3 Å². The Kier molecular flexibility index (Phi) is 5.76. The van der Waals surface area contributed by atoms with Gasteiger partial charge in [0, 0.05) is 0 Å². The predicted octanol–water partition coefficient (Wildman–Crippen LogP) is 1.68. The van der Waals surface area contributed by atoms with E-state index < -0.39 is 5.97 Å². The highest BCUT2D eigenvalue weighted by Crippen LogP contribution is 1.84. The summed E-state index contributed by atoms with van der Waals surface area (Å²) < 4.78 is 4.71. The zero-order valence-corrected chi connectivity index (χ0v) is 6.28. The molecule has 0 unspecified atom stereocenters. The van der Waals surface area contributed by atoms with E-state index in [1.165, 1.54) is 18.6 Å². The molecular weight excluding hydrogens is 144 g/mol. The van der Waals surface area contributed by atoms with E-state index in [2.05, 4.69) is 5.73 Å². The van der Waals surface area contributed by atoms with Crippen LogP contribution in [0, 0.1) is 0 Å². The van der Waals surface area contributed by atoms with Crippen molar-refractivity contribution in [1.82, 2.24) is 0 Å². The molecular formula is C8H10O3. The molecule has 0 aliphatic rings. The topological polar surface area (TPSA) is 46.5 Å². The number of hydrogen-bond donors (Lipinski definition) is 1. The number of carboxylic acid groups (broad SMARTS) is 1. The van der Waals surface area contributed by atoms with E-state index in [0.717, 1.165) is 0 Å². The zero-order chi connectivity index (χ0) is 8.53. The van der Waals surface area contributed by atoms with Crippen molar-refractivity contribution in [3.63, 3.8) is 0 Å². The molecule has 0 fully saturated rings. The Morgan fingerprint density at radius 3 is 3.00 bits per heavy atom. The fraction of sp³-hybridized carbons (Fsp3) is 0.250. The number of ether oxygens (including phenoxy) is 1. The highest BCUT2D eigenvalue weighted by atomic mass is 16.5. The average molecular weight is 154 g/mol. The van der Waals surface area contributed by atoms with Gasteiger partial charge in [-0.3, -0.25) is 4.79 Å². The molecule has 11 heavy (non-hydrogen) atoms. The van der Waals surface area contributed by atoms with Gasteiger partial charge >= 0.3 is 5.97 Å². The molecule has 0 heterocycles. The molecule has 0 radical (unpaired) electrons. The molecule has 0 bridgehead atoms. The van der Waals surface area contributed by atoms with Crippen molar-refractivity contribution in [2.24, 2.45) is 0 Å². The van der Waals surface area contributed by atoms with E-state index in [-0.39, 0.29) is 6.42 Å². The quantitative estimate of drug-likeness (QED) is 0.495. The third kappa shape index (κ3) is 8.53. The van der Waals surface area contributed by atoms with Gasteiger partial charge in [-0.05, 0) is 19.1 Å². The third-order valence-corrected chi connectivity index (χ3v) is 0.770. The van der Waals surface area contributed by atoms with Crippen LogP contribution in [-0.4, -0.2) is 11.1 Å². The van der Waals surface area contributed by atoms with Crippen LogP contribution in [0.25, 0.3) is 0 Å². The van der Waals surface area contributed by atoms with Crippen LogP contribution >= 0.6 is 0 Å². The molecule has 3 nitrogen and oxygen atoms in total. The van der Waals surface area contributed by atoms with Crippen molar-refractivity contribution in [1.29, 1.82) is 0 Å². The number of aliphatic carboxylic acids is 1. The second kappa shape index (κ2) is 6.65. The van der Waals surface area contributed by atoms with E-state index in [4.69, 9.17) is 9.84 Å². The summed E-state index contributed by atoms with van der Waals surface area (Å²) >= 11 is 0. The van der Waals surface area contributed by atoms with Gasteiger partial charge in [0.2, 0.25) is 0 Å². The molecule has 3 heteroatoms. The summed E-state index contributed by atoms with van der Waals surface area (Å²) in [5.41, 5.74) is 2.67. The maximum Gasteiger partial charge on any atom is 0.307 e. The van der Waals surface area contributed by atoms with Crippen molar-refractivity contribution < 1.29 is 14.6 Å². The monoisotopic (exact) mass is 154 g/mol. The number of hydrogen-bond acceptors (Lipinski definition) is 2. The minimum atomic E-state index is -0.875. The fourth-order valence-electron chi connectivity index (χ4n) is 0.351. The Labute approximate surface area is 65.3 Å². The van der Waals surface area contributed by atoms with E-state index in [9.17, 15) is 4.79 Å². The number of carboxylic acids is 1. The van der Waals surface area contributed by atoms with E-state index >= 15 is 0 Å². The third-order valence-electron chi connectivity index (χ3n) is 0.770. The first-order chi connectivity index (χ1) is 5.27. The second-order valence-electron chi connectivity index (χ2n) is 1.68. The maximum absolute atomic E-state index is 9.95. The zero-order valence-electron chi connectivity index (χ0n) is 6.28. The summed E-state index contributed by atoms with van der Waals surface area (Å²) in [6.45, 7) is 1.81. The fourth-order valence-corrected chi connectivity index (χ4v) is 0.351. The Balaban J connectivity index is 3.45. The normalized spacial score (nSPS) is 8.82. The SMILES string of the molecule is CC=C=COC=CCC(=O)O. The van der Waals surface area contributed by atoms with Crippen LogP contribution < -0.4 is 0 Å². The van der Waals surface area contributed by atoms with E-state index in [1.54, 1.807) is 13.0 Å². The number of rotatable bonds is 4. The second-order valence-corrected chi connectivity index (χ2v) is 1.68. The molecule has 0 aliphatic heterocycles. The molecule has 1 N–H and O–H groups in total. The first kappa shape index (κ1) is 9.53. The van der Waals surface area contributed by atoms with Crippen molar-refractivity contribution in [2.45, 2.75) is 13.3 Å². The Bertz CT molecular complexity index is 197. The molecule has 0 saturated carbocycles. The molecule has 0 aromatic heterocycles. The lowest BCUT2D eigenvalue weighted by atomic mass is 10.4. The first-order valence-electron chi connectivity index (χ1n) is 3.15. The van der Waals surface area contributed by atoms with Gasteiger partial charge in [-0.1, -0.05) is 5.73 Å². The van der Waals surface area contributed by atoms with Gasteiger partial charge in [-0.15, -0.1) is 0 Å². The van der Waals surface area contributed by atoms with Gasteiger partial charge in [0.05, 0.1) is 12.7 Å². The van der Waals surface area contributed by atoms with Crippen LogP contribution in [0.3, 0.4) is 0 Å². The van der Waals surface area contributed by atoms with Crippen LogP contribution in [0.15, 0.2) is 30.4 Å². The lowest BCUT2D eigenvalue weighted by Gasteiger charge is -1.84. The molecule has 0 aliphatic carbocycles. The molecule has 0 rings (SSSR count). The van der Waals surface area contributed by atoms with Crippen LogP contribution in [0.5, 0.6) is 0 Å². The Hall–Kier alpha value is -1.47. The smallest absolute Gasteiger partial charge is 0.307 e. The van der Waals surface area contributed by atoms with Crippen molar-refractivity contribution in [3.05, 3.63) is 30.4 Å². The van der Waals surface area contributed by atoms with E-state index in [0.29, 0.717) is 0 Å². The minimum absolute atomic E-state index is 0.0241. The maximum atomic E-state index is 9.95. The molecule has 0 saturated heterocycles. The number of carbonyl (C=O) groups is 1. The van der Waals surface area contributed by atoms with E-state index in [1.807, 2.05) is 0 Å². The van der Waals surface area contributed by atoms with Crippen molar-refractivity contribution in [3.8, 4) is 0 Å². The minimum Gasteiger partial charge on any atom is -0.481 e. The van der Waals surface area contributed by atoms with Gasteiger partial charge in [-0.25, -0.2) is 0 Å². The summed E-state index contributed by atoms with van der Waals surface area (Å²) in [7, 11) is 0. The molecule has 60 valence electrons. The lowest BCUT2D eigenvalue weighted by molar-refractivity contribution is -0.136. The highest BCUT2D eigenvalue weighted by Gasteiger charge is 1.87. The van der Waals surface area contributed by atoms with Gasteiger partial charge in [0.1, 0.15) is 6.26 Å². The summed E-state index contributed by atoms with van der Waals surface area (Å²) in [6.07, 6.45) is 5.73. The highest BCUT2D eigenvalue weighted by molar-refractivity contribution is 5.68. The average Bonchev–Trinajstić information content (AvgIpc) is 1.96. The summed E-state index contributed by atoms with van der Waals surface area (Å²) in [6, 6.07) is 0. The van der Waals surface area contributed by atoms with Crippen LogP contribution in [-0.2, 0) is 9.53 Å². The predicted molar refractivity (Wildman–Crippen MR) is 40.8 cm³/mol. The first-order valence-corrected chi connectivity index (χ1v) is 3.15. The number of allylic oxidation sites excluding steroid dienone is 1. The summed E-state index contributed by atoms with van der Waals surface area (Å²) in [5.74, 6) is -0.875. The Morgan fingerprint density at radius 1 is 1.73 bits per heavy atom. The van der Waals surface area contributed by atoms with Crippen LogP contribution in [0.4, 0.5) is 0 Å². The molecule has 0 aromatic carbocycles.